The van der Waals surface area contributed by atoms with E-state index in [0.29, 0.717) is 0 Å². The SMILES string of the molecule is O=C(CN1CCCC1C(=O)N1CCSCC1)Nc1ccccc1Cc1ccccc1. The Balaban J connectivity index is 1.38. The number of amides is 2. The van der Waals surface area contributed by atoms with E-state index in [0.717, 1.165) is 61.7 Å². The Morgan fingerprint density at radius 1 is 0.967 bits per heavy atom. The van der Waals surface area contributed by atoms with Crippen molar-refractivity contribution in [3.63, 3.8) is 0 Å². The van der Waals surface area contributed by atoms with Gasteiger partial charge < -0.3 is 10.2 Å². The van der Waals surface area contributed by atoms with Gasteiger partial charge in [0, 0.05) is 30.3 Å². The molecule has 30 heavy (non-hydrogen) atoms. The number of benzene rings is 2. The number of nitrogens with one attached hydrogen (secondary N) is 1. The molecule has 6 heteroatoms. The van der Waals surface area contributed by atoms with Crippen molar-refractivity contribution in [2.24, 2.45) is 0 Å². The largest absolute Gasteiger partial charge is 0.340 e. The predicted molar refractivity (Wildman–Crippen MR) is 123 cm³/mol. The van der Waals surface area contributed by atoms with Crippen LogP contribution in [0.3, 0.4) is 0 Å². The number of para-hydroxylation sites is 1. The maximum atomic E-state index is 13.0. The topological polar surface area (TPSA) is 52.7 Å². The summed E-state index contributed by atoms with van der Waals surface area (Å²) in [6.45, 7) is 2.72. The lowest BCUT2D eigenvalue weighted by Gasteiger charge is -2.32. The van der Waals surface area contributed by atoms with Gasteiger partial charge >= 0.3 is 0 Å². The predicted octanol–water partition coefficient (Wildman–Crippen LogP) is 3.26. The zero-order chi connectivity index (χ0) is 20.8. The lowest BCUT2D eigenvalue weighted by atomic mass is 10.0. The summed E-state index contributed by atoms with van der Waals surface area (Å²) in [5.41, 5.74) is 3.16. The van der Waals surface area contributed by atoms with E-state index in [-0.39, 0.29) is 24.4 Å². The number of rotatable bonds is 6. The van der Waals surface area contributed by atoms with Gasteiger partial charge in [-0.05, 0) is 43.0 Å². The van der Waals surface area contributed by atoms with Gasteiger partial charge in [-0.15, -0.1) is 0 Å². The van der Waals surface area contributed by atoms with Crippen LogP contribution in [0.15, 0.2) is 54.6 Å². The molecule has 0 aromatic heterocycles. The normalized spacial score (nSPS) is 19.6. The van der Waals surface area contributed by atoms with Gasteiger partial charge in [0.15, 0.2) is 0 Å². The van der Waals surface area contributed by atoms with Crippen LogP contribution >= 0.6 is 11.8 Å². The summed E-state index contributed by atoms with van der Waals surface area (Å²) in [5.74, 6) is 2.17. The Morgan fingerprint density at radius 2 is 1.70 bits per heavy atom. The molecule has 0 bridgehead atoms. The number of likely N-dealkylation sites (tertiary alicyclic amines) is 1. The Bertz CT molecular complexity index is 868. The van der Waals surface area contributed by atoms with Crippen LogP contribution in [0.25, 0.3) is 0 Å². The molecule has 2 amide bonds. The Morgan fingerprint density at radius 3 is 2.50 bits per heavy atom. The minimum absolute atomic E-state index is 0.0515. The maximum Gasteiger partial charge on any atom is 0.239 e. The van der Waals surface area contributed by atoms with Gasteiger partial charge in [0.2, 0.25) is 11.8 Å². The molecule has 0 spiro atoms. The fourth-order valence-corrected chi connectivity index (χ4v) is 5.18. The molecular formula is C24H29N3O2S. The molecule has 2 saturated heterocycles. The fraction of sp³-hybridized carbons (Fsp3) is 0.417. The van der Waals surface area contributed by atoms with E-state index < -0.39 is 0 Å². The summed E-state index contributed by atoms with van der Waals surface area (Å²) in [4.78, 5) is 29.8. The first-order valence-electron chi connectivity index (χ1n) is 10.7. The molecule has 4 rings (SSSR count). The standard InChI is InChI=1S/C24H29N3O2S/c28-23(18-27-12-6-11-22(27)24(29)26-13-15-30-16-14-26)25-21-10-5-4-9-20(21)17-19-7-2-1-3-8-19/h1-5,7-10,22H,6,11-18H2,(H,25,28). The number of nitrogens with zero attached hydrogens (tertiary/aromatic N) is 2. The van der Waals surface area contributed by atoms with Crippen molar-refractivity contribution in [3.8, 4) is 0 Å². The highest BCUT2D eigenvalue weighted by molar-refractivity contribution is 7.99. The van der Waals surface area contributed by atoms with Gasteiger partial charge in [-0.3, -0.25) is 14.5 Å². The summed E-state index contributed by atoms with van der Waals surface area (Å²) in [6, 6.07) is 18.1. The molecule has 2 aliphatic heterocycles. The number of hydrogen-bond acceptors (Lipinski definition) is 4. The van der Waals surface area contributed by atoms with Crippen molar-refractivity contribution >= 4 is 29.3 Å². The third kappa shape index (κ3) is 5.24. The van der Waals surface area contributed by atoms with Crippen molar-refractivity contribution in [2.45, 2.75) is 25.3 Å². The Kier molecular flexibility index (Phi) is 7.07. The zero-order valence-electron chi connectivity index (χ0n) is 17.3. The number of anilines is 1. The van der Waals surface area contributed by atoms with E-state index in [1.165, 1.54) is 5.56 Å². The van der Waals surface area contributed by atoms with Crippen LogP contribution in [0.1, 0.15) is 24.0 Å². The Labute approximate surface area is 182 Å². The van der Waals surface area contributed by atoms with Gasteiger partial charge in [-0.25, -0.2) is 0 Å². The van der Waals surface area contributed by atoms with E-state index in [4.69, 9.17) is 0 Å². The highest BCUT2D eigenvalue weighted by atomic mass is 32.2. The first kappa shape index (κ1) is 20.9. The molecule has 0 saturated carbocycles. The van der Waals surface area contributed by atoms with E-state index in [2.05, 4.69) is 28.4 Å². The highest BCUT2D eigenvalue weighted by Gasteiger charge is 2.35. The van der Waals surface area contributed by atoms with Gasteiger partial charge in [0.25, 0.3) is 0 Å². The lowest BCUT2D eigenvalue weighted by molar-refractivity contribution is -0.136. The average molecular weight is 424 g/mol. The number of carbonyl (C=O) groups excluding carboxylic acids is 2. The van der Waals surface area contributed by atoms with E-state index in [9.17, 15) is 9.59 Å². The summed E-state index contributed by atoms with van der Waals surface area (Å²) in [6.07, 6.45) is 2.59. The van der Waals surface area contributed by atoms with Crippen molar-refractivity contribution in [3.05, 3.63) is 65.7 Å². The van der Waals surface area contributed by atoms with Crippen LogP contribution in [0.2, 0.25) is 0 Å². The van der Waals surface area contributed by atoms with Gasteiger partial charge in [0.1, 0.15) is 0 Å². The van der Waals surface area contributed by atoms with Crippen LogP contribution in [0, 0.1) is 0 Å². The molecule has 0 radical (unpaired) electrons. The molecule has 1 N–H and O–H groups in total. The van der Waals surface area contributed by atoms with Crippen LogP contribution in [-0.2, 0) is 16.0 Å². The van der Waals surface area contributed by atoms with Gasteiger partial charge in [-0.1, -0.05) is 48.5 Å². The second kappa shape index (κ2) is 10.1. The van der Waals surface area contributed by atoms with Crippen molar-refractivity contribution < 1.29 is 9.59 Å². The van der Waals surface area contributed by atoms with E-state index in [1.54, 1.807) is 0 Å². The highest BCUT2D eigenvalue weighted by Crippen LogP contribution is 2.22. The third-order valence-electron chi connectivity index (χ3n) is 5.85. The zero-order valence-corrected chi connectivity index (χ0v) is 18.1. The molecule has 5 nitrogen and oxygen atoms in total. The molecule has 1 atom stereocenters. The average Bonchev–Trinajstić information content (AvgIpc) is 3.24. The van der Waals surface area contributed by atoms with Crippen molar-refractivity contribution in [2.75, 3.05) is 43.0 Å². The van der Waals surface area contributed by atoms with Crippen LogP contribution in [-0.4, -0.2) is 65.3 Å². The first-order valence-corrected chi connectivity index (χ1v) is 11.9. The smallest absolute Gasteiger partial charge is 0.239 e. The van der Waals surface area contributed by atoms with Gasteiger partial charge in [0.05, 0.1) is 12.6 Å². The molecule has 2 fully saturated rings. The summed E-state index contributed by atoms with van der Waals surface area (Å²) in [7, 11) is 0. The van der Waals surface area contributed by atoms with Crippen LogP contribution < -0.4 is 5.32 Å². The Hall–Kier alpha value is -2.31. The van der Waals surface area contributed by atoms with Crippen molar-refractivity contribution in [1.29, 1.82) is 0 Å². The fourth-order valence-electron chi connectivity index (χ4n) is 4.28. The molecule has 2 aliphatic rings. The molecule has 2 aromatic carbocycles. The number of thioether (sulfide) groups is 1. The second-order valence-electron chi connectivity index (χ2n) is 7.93. The number of carbonyl (C=O) groups is 2. The van der Waals surface area contributed by atoms with E-state index >= 15 is 0 Å². The van der Waals surface area contributed by atoms with Crippen LogP contribution in [0.4, 0.5) is 5.69 Å². The molecule has 2 aromatic rings. The minimum Gasteiger partial charge on any atom is -0.340 e. The van der Waals surface area contributed by atoms with Crippen LogP contribution in [0.5, 0.6) is 0 Å². The van der Waals surface area contributed by atoms with Gasteiger partial charge in [-0.2, -0.15) is 11.8 Å². The lowest BCUT2D eigenvalue weighted by Crippen LogP contribution is -2.49. The maximum absolute atomic E-state index is 13.0. The minimum atomic E-state index is -0.154. The first-order chi connectivity index (χ1) is 14.7. The molecule has 2 heterocycles. The monoisotopic (exact) mass is 423 g/mol. The van der Waals surface area contributed by atoms with Crippen molar-refractivity contribution in [1.82, 2.24) is 9.80 Å². The molecule has 1 unspecified atom stereocenters. The number of hydrogen-bond donors (Lipinski definition) is 1. The third-order valence-corrected chi connectivity index (χ3v) is 6.79. The summed E-state index contributed by atoms with van der Waals surface area (Å²) in [5, 5.41) is 3.09. The molecular weight excluding hydrogens is 394 g/mol. The summed E-state index contributed by atoms with van der Waals surface area (Å²) < 4.78 is 0. The summed E-state index contributed by atoms with van der Waals surface area (Å²) >= 11 is 1.90. The second-order valence-corrected chi connectivity index (χ2v) is 9.16. The molecule has 0 aliphatic carbocycles. The molecule has 158 valence electrons. The quantitative estimate of drug-likeness (QED) is 0.775. The van der Waals surface area contributed by atoms with E-state index in [1.807, 2.05) is 53.1 Å².